The molecule has 0 radical (unpaired) electrons. The van der Waals surface area contributed by atoms with E-state index in [0.29, 0.717) is 12.0 Å². The molecule has 0 aromatic carbocycles. The van der Waals surface area contributed by atoms with Crippen molar-refractivity contribution >= 4 is 5.95 Å². The number of nitrogen functional groups attached to an aromatic ring is 1. The Morgan fingerprint density at radius 1 is 1.36 bits per heavy atom. The van der Waals surface area contributed by atoms with Crippen molar-refractivity contribution in [2.24, 2.45) is 0 Å². The average Bonchev–Trinajstić information content (AvgIpc) is 2.59. The molecule has 5 heteroatoms. The number of hydrogen-bond donors (Lipinski definition) is 1. The van der Waals surface area contributed by atoms with Gasteiger partial charge >= 0.3 is 0 Å². The first-order valence-corrected chi connectivity index (χ1v) is 5.29. The van der Waals surface area contributed by atoms with Gasteiger partial charge in [-0.2, -0.15) is 0 Å². The molecule has 5 nitrogen and oxygen atoms in total. The van der Waals surface area contributed by atoms with Crippen molar-refractivity contribution in [1.29, 1.82) is 0 Å². The standard InChI is InChI=1S/C9H19N5/c1-3-4-5-6-7-8(2)14-9(10)11-12-13-14/h8H,3-7H2,1-2H3,(H2,10,11,13). The van der Waals surface area contributed by atoms with Gasteiger partial charge in [0.1, 0.15) is 0 Å². The zero-order valence-electron chi connectivity index (χ0n) is 8.98. The van der Waals surface area contributed by atoms with E-state index < -0.39 is 0 Å². The SMILES string of the molecule is CCCCCCC(C)n1nnnc1N. The van der Waals surface area contributed by atoms with Crippen molar-refractivity contribution < 1.29 is 0 Å². The van der Waals surface area contributed by atoms with E-state index in [2.05, 4.69) is 29.4 Å². The van der Waals surface area contributed by atoms with Crippen LogP contribution in [0.2, 0.25) is 0 Å². The summed E-state index contributed by atoms with van der Waals surface area (Å²) in [5, 5.41) is 11.0. The Bertz CT molecular complexity index is 257. The molecule has 1 aromatic rings. The Kier molecular flexibility index (Phi) is 4.35. The van der Waals surface area contributed by atoms with E-state index in [-0.39, 0.29) is 0 Å². The van der Waals surface area contributed by atoms with Crippen LogP contribution in [-0.4, -0.2) is 20.2 Å². The maximum absolute atomic E-state index is 5.60. The molecule has 1 heterocycles. The summed E-state index contributed by atoms with van der Waals surface area (Å²) in [6.07, 6.45) is 6.16. The topological polar surface area (TPSA) is 69.6 Å². The summed E-state index contributed by atoms with van der Waals surface area (Å²) >= 11 is 0. The molecule has 1 rings (SSSR count). The van der Waals surface area contributed by atoms with Crippen LogP contribution >= 0.6 is 0 Å². The molecule has 1 unspecified atom stereocenters. The number of aromatic nitrogens is 4. The molecule has 0 aliphatic rings. The first kappa shape index (κ1) is 10.9. The van der Waals surface area contributed by atoms with Crippen molar-refractivity contribution in [1.82, 2.24) is 20.2 Å². The Morgan fingerprint density at radius 3 is 2.71 bits per heavy atom. The highest BCUT2D eigenvalue weighted by Crippen LogP contribution is 2.15. The van der Waals surface area contributed by atoms with Crippen molar-refractivity contribution in [3.05, 3.63) is 0 Å². The van der Waals surface area contributed by atoms with Crippen LogP contribution in [0, 0.1) is 0 Å². The van der Waals surface area contributed by atoms with E-state index in [9.17, 15) is 0 Å². The van der Waals surface area contributed by atoms with Gasteiger partial charge < -0.3 is 5.73 Å². The van der Waals surface area contributed by atoms with Gasteiger partial charge in [0.05, 0.1) is 6.04 Å². The van der Waals surface area contributed by atoms with Crippen LogP contribution in [-0.2, 0) is 0 Å². The Balaban J connectivity index is 2.28. The van der Waals surface area contributed by atoms with Crippen molar-refractivity contribution in [3.8, 4) is 0 Å². The summed E-state index contributed by atoms with van der Waals surface area (Å²) in [7, 11) is 0. The second-order valence-electron chi connectivity index (χ2n) is 3.68. The van der Waals surface area contributed by atoms with Crippen LogP contribution in [0.5, 0.6) is 0 Å². The fourth-order valence-corrected chi connectivity index (χ4v) is 1.50. The number of nitrogens with two attached hydrogens (primary N) is 1. The number of rotatable bonds is 6. The van der Waals surface area contributed by atoms with E-state index >= 15 is 0 Å². The van der Waals surface area contributed by atoms with Crippen LogP contribution in [0.25, 0.3) is 0 Å². The summed E-state index contributed by atoms with van der Waals surface area (Å²) in [5.74, 6) is 0.410. The van der Waals surface area contributed by atoms with Gasteiger partial charge in [-0.15, -0.1) is 0 Å². The smallest absolute Gasteiger partial charge is 0.240 e. The van der Waals surface area contributed by atoms with Gasteiger partial charge in [-0.3, -0.25) is 0 Å². The third kappa shape index (κ3) is 2.97. The van der Waals surface area contributed by atoms with Crippen LogP contribution in [0.15, 0.2) is 0 Å². The van der Waals surface area contributed by atoms with Crippen LogP contribution in [0.3, 0.4) is 0 Å². The largest absolute Gasteiger partial charge is 0.367 e. The molecule has 2 N–H and O–H groups in total. The quantitative estimate of drug-likeness (QED) is 0.706. The van der Waals surface area contributed by atoms with Gasteiger partial charge in [-0.05, 0) is 23.8 Å². The van der Waals surface area contributed by atoms with Crippen molar-refractivity contribution in [2.45, 2.75) is 52.0 Å². The number of nitrogens with zero attached hydrogens (tertiary/aromatic N) is 4. The molecule has 0 bridgehead atoms. The van der Waals surface area contributed by atoms with E-state index in [1.165, 1.54) is 25.7 Å². The number of tetrazole rings is 1. The third-order valence-electron chi connectivity index (χ3n) is 2.41. The van der Waals surface area contributed by atoms with E-state index in [0.717, 1.165) is 6.42 Å². The maximum Gasteiger partial charge on any atom is 0.240 e. The molecule has 0 spiro atoms. The summed E-state index contributed by atoms with van der Waals surface area (Å²) in [5.41, 5.74) is 5.60. The molecule has 0 saturated carbocycles. The Labute approximate surface area is 84.7 Å². The summed E-state index contributed by atoms with van der Waals surface area (Å²) in [4.78, 5) is 0. The molecule has 0 aliphatic heterocycles. The lowest BCUT2D eigenvalue weighted by atomic mass is 10.1. The van der Waals surface area contributed by atoms with Gasteiger partial charge in [0.2, 0.25) is 5.95 Å². The van der Waals surface area contributed by atoms with Gasteiger partial charge in [-0.25, -0.2) is 4.68 Å². The third-order valence-corrected chi connectivity index (χ3v) is 2.41. The van der Waals surface area contributed by atoms with Gasteiger partial charge in [0, 0.05) is 0 Å². The average molecular weight is 197 g/mol. The maximum atomic E-state index is 5.60. The fourth-order valence-electron chi connectivity index (χ4n) is 1.50. The highest BCUT2D eigenvalue weighted by Gasteiger charge is 2.09. The van der Waals surface area contributed by atoms with Crippen molar-refractivity contribution in [3.63, 3.8) is 0 Å². The first-order valence-electron chi connectivity index (χ1n) is 5.29. The normalized spacial score (nSPS) is 13.0. The number of unbranched alkanes of at least 4 members (excludes halogenated alkanes) is 3. The molecule has 80 valence electrons. The molecular formula is C9H19N5. The molecule has 0 aliphatic carbocycles. The minimum absolute atomic E-state index is 0.307. The van der Waals surface area contributed by atoms with Gasteiger partial charge in [-0.1, -0.05) is 37.7 Å². The molecule has 0 fully saturated rings. The lowest BCUT2D eigenvalue weighted by Crippen LogP contribution is -2.10. The van der Waals surface area contributed by atoms with Crippen LogP contribution in [0.1, 0.15) is 52.0 Å². The van der Waals surface area contributed by atoms with Gasteiger partial charge in [0.15, 0.2) is 0 Å². The summed E-state index contributed by atoms with van der Waals surface area (Å²) < 4.78 is 1.69. The highest BCUT2D eigenvalue weighted by atomic mass is 15.6. The summed E-state index contributed by atoms with van der Waals surface area (Å²) in [6, 6.07) is 0.307. The van der Waals surface area contributed by atoms with Crippen molar-refractivity contribution in [2.75, 3.05) is 5.73 Å². The zero-order chi connectivity index (χ0) is 10.4. The van der Waals surface area contributed by atoms with Crippen LogP contribution < -0.4 is 5.73 Å². The summed E-state index contributed by atoms with van der Waals surface area (Å²) in [6.45, 7) is 4.31. The van der Waals surface area contributed by atoms with E-state index in [1.807, 2.05) is 0 Å². The number of anilines is 1. The predicted molar refractivity (Wildman–Crippen MR) is 55.7 cm³/mol. The molecule has 1 aromatic heterocycles. The number of hydrogen-bond acceptors (Lipinski definition) is 4. The second kappa shape index (κ2) is 5.57. The fraction of sp³-hybridized carbons (Fsp3) is 0.889. The second-order valence-corrected chi connectivity index (χ2v) is 3.68. The molecule has 1 atom stereocenters. The van der Waals surface area contributed by atoms with Gasteiger partial charge in [0.25, 0.3) is 0 Å². The molecule has 14 heavy (non-hydrogen) atoms. The first-order chi connectivity index (χ1) is 6.75. The lowest BCUT2D eigenvalue weighted by Gasteiger charge is -2.10. The zero-order valence-corrected chi connectivity index (χ0v) is 8.98. The van der Waals surface area contributed by atoms with E-state index in [4.69, 9.17) is 5.73 Å². The highest BCUT2D eigenvalue weighted by molar-refractivity contribution is 5.10. The lowest BCUT2D eigenvalue weighted by molar-refractivity contribution is 0.431. The molecule has 0 amide bonds. The Hall–Kier alpha value is -1.13. The van der Waals surface area contributed by atoms with E-state index in [1.54, 1.807) is 4.68 Å². The Morgan fingerprint density at radius 2 is 2.14 bits per heavy atom. The minimum atomic E-state index is 0.307. The van der Waals surface area contributed by atoms with Crippen LogP contribution in [0.4, 0.5) is 5.95 Å². The predicted octanol–water partition coefficient (Wildman–Crippen LogP) is 1.79. The molecular weight excluding hydrogens is 178 g/mol. The minimum Gasteiger partial charge on any atom is -0.367 e. The molecule has 0 saturated heterocycles. The monoisotopic (exact) mass is 197 g/mol.